The number of hydrogen-bond acceptors (Lipinski definition) is 6. The number of ether oxygens (including phenoxy) is 1. The summed E-state index contributed by atoms with van der Waals surface area (Å²) in [5.74, 6) is 0.452. The van der Waals surface area contributed by atoms with Gasteiger partial charge in [0.25, 0.3) is 0 Å². The number of aliphatic hydroxyl groups excluding tert-OH is 1. The number of nitrogens with one attached hydrogen (secondary N) is 1. The maximum Gasteiger partial charge on any atom is 0.412 e. The smallest absolute Gasteiger partial charge is 0.410 e. The second-order valence-electron chi connectivity index (χ2n) is 7.07. The summed E-state index contributed by atoms with van der Waals surface area (Å²) in [6.45, 7) is 5.24. The average Bonchev–Trinajstić information content (AvgIpc) is 3.16. The van der Waals surface area contributed by atoms with E-state index in [0.717, 1.165) is 12.0 Å². The fourth-order valence-corrected chi connectivity index (χ4v) is 2.94. The lowest BCUT2D eigenvalue weighted by Crippen LogP contribution is -2.37. The molecule has 0 aliphatic heterocycles. The molecule has 0 radical (unpaired) electrons. The van der Waals surface area contributed by atoms with Gasteiger partial charge >= 0.3 is 6.09 Å². The molecule has 2 aromatic carbocycles. The predicted molar refractivity (Wildman–Crippen MR) is 109 cm³/mol. The third-order valence-corrected chi connectivity index (χ3v) is 4.43. The molecule has 2 N–H and O–H groups in total. The highest BCUT2D eigenvalue weighted by Gasteiger charge is 2.16. The minimum atomic E-state index is -0.727. The lowest BCUT2D eigenvalue weighted by atomic mass is 10.0. The van der Waals surface area contributed by atoms with Crippen LogP contribution in [0, 0.1) is 12.7 Å². The zero-order valence-corrected chi connectivity index (χ0v) is 17.1. The molecule has 1 heterocycles. The molecule has 0 spiro atoms. The molecule has 0 aliphatic carbocycles. The van der Waals surface area contributed by atoms with Crippen molar-refractivity contribution in [2.45, 2.75) is 39.7 Å². The summed E-state index contributed by atoms with van der Waals surface area (Å²) in [6, 6.07) is 9.38. The summed E-state index contributed by atoms with van der Waals surface area (Å²) in [6.07, 6.45) is 0.771. The van der Waals surface area contributed by atoms with Gasteiger partial charge in [-0.3, -0.25) is 0 Å². The number of carbonyl (C=O) groups excluding carboxylic acids is 1. The number of hydrogen-bond donors (Lipinski definition) is 2. The number of aromatic nitrogens is 4. The van der Waals surface area contributed by atoms with E-state index in [1.54, 1.807) is 41.9 Å². The van der Waals surface area contributed by atoms with Crippen LogP contribution in [0.2, 0.25) is 0 Å². The first-order chi connectivity index (χ1) is 14.4. The SMILES string of the molecule is CCCc1nnnn1-c1cc(OC(=O)N[C@@H](C)CO)cc(-c2ccc(C)cc2F)c1. The van der Waals surface area contributed by atoms with Crippen LogP contribution in [0.5, 0.6) is 5.75 Å². The summed E-state index contributed by atoms with van der Waals surface area (Å²) >= 11 is 0. The highest BCUT2D eigenvalue weighted by Crippen LogP contribution is 2.30. The van der Waals surface area contributed by atoms with Crippen molar-refractivity contribution in [1.29, 1.82) is 0 Å². The number of nitrogens with zero attached hydrogens (tertiary/aromatic N) is 4. The van der Waals surface area contributed by atoms with Crippen LogP contribution in [0.25, 0.3) is 16.8 Å². The third-order valence-electron chi connectivity index (χ3n) is 4.43. The second-order valence-corrected chi connectivity index (χ2v) is 7.07. The zero-order chi connectivity index (χ0) is 21.7. The largest absolute Gasteiger partial charge is 0.412 e. The molecule has 0 saturated carbocycles. The van der Waals surface area contributed by atoms with E-state index in [1.165, 1.54) is 6.07 Å². The van der Waals surface area contributed by atoms with Crippen molar-refractivity contribution in [3.8, 4) is 22.6 Å². The molecule has 158 valence electrons. The van der Waals surface area contributed by atoms with E-state index < -0.39 is 12.1 Å². The Hall–Kier alpha value is -3.33. The number of halogens is 1. The lowest BCUT2D eigenvalue weighted by molar-refractivity contribution is 0.186. The molecule has 0 aliphatic rings. The van der Waals surface area contributed by atoms with Gasteiger partial charge in [0.2, 0.25) is 0 Å². The quantitative estimate of drug-likeness (QED) is 0.617. The van der Waals surface area contributed by atoms with Crippen LogP contribution in [0.3, 0.4) is 0 Å². The fraction of sp³-hybridized carbons (Fsp3) is 0.333. The van der Waals surface area contributed by atoms with Crippen molar-refractivity contribution < 1.29 is 19.0 Å². The number of aliphatic hydroxyl groups is 1. The first-order valence-corrected chi connectivity index (χ1v) is 9.69. The Morgan fingerprint density at radius 3 is 2.80 bits per heavy atom. The molecular formula is C21H24FN5O3. The van der Waals surface area contributed by atoms with E-state index >= 15 is 0 Å². The Balaban J connectivity index is 2.05. The first kappa shape index (κ1) is 21.4. The molecule has 8 nitrogen and oxygen atoms in total. The Morgan fingerprint density at radius 2 is 2.10 bits per heavy atom. The van der Waals surface area contributed by atoms with E-state index in [-0.39, 0.29) is 18.2 Å². The molecule has 1 amide bonds. The standard InChI is InChI=1S/C21H24FN5O3/c1-4-5-20-24-25-26-27(20)16-9-15(18-7-6-13(2)8-19(18)22)10-17(11-16)30-21(29)23-14(3)12-28/h6-11,14,28H,4-5,12H2,1-3H3,(H,23,29)/t14-/m0/s1. The van der Waals surface area contributed by atoms with Gasteiger partial charge in [-0.15, -0.1) is 5.10 Å². The monoisotopic (exact) mass is 413 g/mol. The van der Waals surface area contributed by atoms with Crippen molar-refractivity contribution in [2.75, 3.05) is 6.61 Å². The summed E-state index contributed by atoms with van der Waals surface area (Å²) in [5, 5.41) is 23.4. The second kappa shape index (κ2) is 9.45. The van der Waals surface area contributed by atoms with E-state index in [0.29, 0.717) is 29.1 Å². The number of benzene rings is 2. The van der Waals surface area contributed by atoms with Gasteiger partial charge in [0.15, 0.2) is 5.82 Å². The molecule has 0 fully saturated rings. The minimum Gasteiger partial charge on any atom is -0.410 e. The number of aryl methyl sites for hydroxylation is 2. The van der Waals surface area contributed by atoms with E-state index in [4.69, 9.17) is 9.84 Å². The van der Waals surface area contributed by atoms with Crippen LogP contribution in [-0.2, 0) is 6.42 Å². The molecular weight excluding hydrogens is 389 g/mol. The van der Waals surface area contributed by atoms with Crippen LogP contribution in [0.1, 0.15) is 31.7 Å². The Labute approximate surface area is 173 Å². The molecule has 3 aromatic rings. The van der Waals surface area contributed by atoms with Gasteiger partial charge < -0.3 is 15.2 Å². The van der Waals surface area contributed by atoms with Gasteiger partial charge in [-0.25, -0.2) is 9.18 Å². The number of rotatable bonds is 7. The first-order valence-electron chi connectivity index (χ1n) is 9.69. The van der Waals surface area contributed by atoms with E-state index in [1.807, 2.05) is 13.8 Å². The van der Waals surface area contributed by atoms with Gasteiger partial charge in [-0.1, -0.05) is 19.1 Å². The van der Waals surface area contributed by atoms with E-state index in [9.17, 15) is 9.18 Å². The van der Waals surface area contributed by atoms with Crippen molar-refractivity contribution >= 4 is 6.09 Å². The van der Waals surface area contributed by atoms with Crippen LogP contribution in [0.4, 0.5) is 9.18 Å². The van der Waals surface area contributed by atoms with Gasteiger partial charge in [-0.2, -0.15) is 4.68 Å². The van der Waals surface area contributed by atoms with Gasteiger partial charge in [-0.05, 0) is 60.0 Å². The maximum atomic E-state index is 14.6. The summed E-state index contributed by atoms with van der Waals surface area (Å²) in [7, 11) is 0. The summed E-state index contributed by atoms with van der Waals surface area (Å²) in [5.41, 5.74) is 2.22. The molecule has 0 saturated heterocycles. The average molecular weight is 413 g/mol. The van der Waals surface area contributed by atoms with Crippen molar-refractivity contribution in [2.24, 2.45) is 0 Å². The maximum absolute atomic E-state index is 14.6. The van der Waals surface area contributed by atoms with Crippen molar-refractivity contribution in [3.05, 3.63) is 53.6 Å². The highest BCUT2D eigenvalue weighted by molar-refractivity contribution is 5.74. The molecule has 9 heteroatoms. The lowest BCUT2D eigenvalue weighted by Gasteiger charge is -2.14. The third kappa shape index (κ3) is 4.98. The number of tetrazole rings is 1. The molecule has 0 unspecified atom stereocenters. The van der Waals surface area contributed by atoms with Crippen LogP contribution in [-0.4, -0.2) is 44.1 Å². The van der Waals surface area contributed by atoms with Crippen LogP contribution in [0.15, 0.2) is 36.4 Å². The topological polar surface area (TPSA) is 102 Å². The van der Waals surface area contributed by atoms with E-state index in [2.05, 4.69) is 20.8 Å². The number of carbonyl (C=O) groups is 1. The Morgan fingerprint density at radius 1 is 1.30 bits per heavy atom. The van der Waals surface area contributed by atoms with Crippen molar-refractivity contribution in [3.63, 3.8) is 0 Å². The molecule has 0 bridgehead atoms. The number of amides is 1. The van der Waals surface area contributed by atoms with Crippen LogP contribution < -0.4 is 10.1 Å². The van der Waals surface area contributed by atoms with Crippen LogP contribution >= 0.6 is 0 Å². The van der Waals surface area contributed by atoms with Crippen molar-refractivity contribution in [1.82, 2.24) is 25.5 Å². The zero-order valence-electron chi connectivity index (χ0n) is 17.1. The molecule has 1 aromatic heterocycles. The Bertz CT molecular complexity index is 1040. The minimum absolute atomic E-state index is 0.197. The molecule has 3 rings (SSSR count). The van der Waals surface area contributed by atoms with Gasteiger partial charge in [0.05, 0.1) is 18.3 Å². The molecule has 30 heavy (non-hydrogen) atoms. The summed E-state index contributed by atoms with van der Waals surface area (Å²) < 4.78 is 21.6. The summed E-state index contributed by atoms with van der Waals surface area (Å²) in [4.78, 5) is 12.1. The molecule has 1 atom stereocenters. The highest BCUT2D eigenvalue weighted by atomic mass is 19.1. The van der Waals surface area contributed by atoms with Gasteiger partial charge in [0, 0.05) is 18.1 Å². The van der Waals surface area contributed by atoms with Gasteiger partial charge in [0.1, 0.15) is 11.6 Å². The normalized spacial score (nSPS) is 11.9. The predicted octanol–water partition coefficient (Wildman–Crippen LogP) is 3.20. The fourth-order valence-electron chi connectivity index (χ4n) is 2.94. The Kier molecular flexibility index (Phi) is 6.73.